The fraction of sp³-hybridized carbons (Fsp3) is 0.548. The largest absolute Gasteiger partial charge is 0.508 e. The fourth-order valence-corrected chi connectivity index (χ4v) is 4.29. The molecule has 0 saturated carbocycles. The minimum atomic E-state index is -0.733. The molecule has 6 nitrogen and oxygen atoms in total. The average Bonchev–Trinajstić information content (AvgIpc) is 2.91. The molecule has 204 valence electrons. The summed E-state index contributed by atoms with van der Waals surface area (Å²) in [7, 11) is 0. The highest BCUT2D eigenvalue weighted by atomic mass is 16.5. The van der Waals surface area contributed by atoms with E-state index in [2.05, 4.69) is 12.2 Å². The molecule has 0 aliphatic carbocycles. The summed E-state index contributed by atoms with van der Waals surface area (Å²) in [6.45, 7) is 2.93. The number of aromatic hydroxyl groups is 2. The van der Waals surface area contributed by atoms with Crippen LogP contribution in [0.1, 0.15) is 123 Å². The molecule has 6 heteroatoms. The van der Waals surface area contributed by atoms with E-state index in [1.165, 1.54) is 89.2 Å². The summed E-state index contributed by atoms with van der Waals surface area (Å²) in [5.41, 5.74) is 1.18. The summed E-state index contributed by atoms with van der Waals surface area (Å²) in [4.78, 5) is 24.5. The molecule has 0 spiro atoms. The van der Waals surface area contributed by atoms with Gasteiger partial charge in [-0.1, -0.05) is 103 Å². The van der Waals surface area contributed by atoms with E-state index < -0.39 is 5.97 Å². The Balaban J connectivity index is 1.50. The first-order chi connectivity index (χ1) is 18.0. The van der Waals surface area contributed by atoms with Crippen LogP contribution >= 0.6 is 0 Å². The second kappa shape index (κ2) is 18.3. The van der Waals surface area contributed by atoms with Crippen molar-refractivity contribution in [3.8, 4) is 11.5 Å². The van der Waals surface area contributed by atoms with E-state index >= 15 is 0 Å². The van der Waals surface area contributed by atoms with Crippen LogP contribution in [0.15, 0.2) is 42.5 Å². The Labute approximate surface area is 222 Å². The number of nitrogens with one attached hydrogen (secondary N) is 1. The zero-order valence-corrected chi connectivity index (χ0v) is 22.5. The molecular formula is C31H45NO5. The zero-order chi connectivity index (χ0) is 26.7. The highest BCUT2D eigenvalue weighted by Gasteiger charge is 2.14. The number of phenolic OH excluding ortho intramolecular Hbond substituents is 2. The topological polar surface area (TPSA) is 95.9 Å². The minimum Gasteiger partial charge on any atom is -0.508 e. The quantitative estimate of drug-likeness (QED) is 0.102. The van der Waals surface area contributed by atoms with Crippen molar-refractivity contribution in [3.05, 3.63) is 59.2 Å². The molecule has 0 heterocycles. The van der Waals surface area contributed by atoms with Crippen LogP contribution < -0.4 is 5.32 Å². The summed E-state index contributed by atoms with van der Waals surface area (Å²) in [5.74, 6) is -1.23. The molecule has 37 heavy (non-hydrogen) atoms. The van der Waals surface area contributed by atoms with Crippen LogP contribution in [0.4, 0.5) is 0 Å². The van der Waals surface area contributed by atoms with Gasteiger partial charge in [-0.15, -0.1) is 0 Å². The van der Waals surface area contributed by atoms with E-state index in [1.54, 1.807) is 24.3 Å². The Hall–Kier alpha value is -3.02. The Kier molecular flexibility index (Phi) is 14.9. The van der Waals surface area contributed by atoms with E-state index in [1.807, 2.05) is 0 Å². The van der Waals surface area contributed by atoms with Gasteiger partial charge in [0.15, 0.2) is 0 Å². The number of ether oxygens (including phenoxy) is 1. The molecule has 0 aliphatic heterocycles. The lowest BCUT2D eigenvalue weighted by atomic mass is 10.0. The third-order valence-electron chi connectivity index (χ3n) is 6.60. The number of esters is 1. The number of phenols is 2. The molecule has 0 aliphatic rings. The molecule has 2 aromatic carbocycles. The number of hydrogen-bond donors (Lipinski definition) is 3. The Bertz CT molecular complexity index is 926. The van der Waals surface area contributed by atoms with Crippen molar-refractivity contribution in [2.75, 3.05) is 6.54 Å². The Morgan fingerprint density at radius 2 is 1.27 bits per heavy atom. The molecular weight excluding hydrogens is 466 g/mol. The SMILES string of the molecule is CCCCCCCCCCCCCCCCNC(=O)c1ccc(COC(=O)c2cc(O)ccc2O)cc1. The number of amides is 1. The summed E-state index contributed by atoms with van der Waals surface area (Å²) >= 11 is 0. The third kappa shape index (κ3) is 12.7. The molecule has 3 N–H and O–H groups in total. The standard InChI is InChI=1S/C31H45NO5/c1-2-3-4-5-6-7-8-9-10-11-12-13-14-15-22-32-30(35)26-18-16-25(17-19-26)24-37-31(36)28-23-27(33)20-21-29(28)34/h16-21,23,33-34H,2-15,22,24H2,1H3,(H,32,35). The summed E-state index contributed by atoms with van der Waals surface area (Å²) in [5, 5.41) is 22.2. The van der Waals surface area contributed by atoms with Crippen molar-refractivity contribution >= 4 is 11.9 Å². The second-order valence-corrected chi connectivity index (χ2v) is 9.83. The van der Waals surface area contributed by atoms with Gasteiger partial charge in [-0.3, -0.25) is 4.79 Å². The van der Waals surface area contributed by atoms with Crippen LogP contribution in [0.25, 0.3) is 0 Å². The van der Waals surface area contributed by atoms with Gasteiger partial charge in [-0.05, 0) is 42.3 Å². The molecule has 2 aromatic rings. The normalized spacial score (nSPS) is 10.8. The average molecular weight is 512 g/mol. The van der Waals surface area contributed by atoms with Crippen LogP contribution in [-0.4, -0.2) is 28.6 Å². The number of carbonyl (C=O) groups is 2. The number of hydrogen-bond acceptors (Lipinski definition) is 5. The summed E-state index contributed by atoms with van der Waals surface area (Å²) < 4.78 is 5.20. The molecule has 0 aromatic heterocycles. The molecule has 0 bridgehead atoms. The molecule has 0 fully saturated rings. The first kappa shape index (κ1) is 30.2. The van der Waals surface area contributed by atoms with E-state index in [-0.39, 0.29) is 29.6 Å². The van der Waals surface area contributed by atoms with Gasteiger partial charge in [0.1, 0.15) is 23.7 Å². The highest BCUT2D eigenvalue weighted by Crippen LogP contribution is 2.23. The molecule has 2 rings (SSSR count). The van der Waals surface area contributed by atoms with E-state index in [0.717, 1.165) is 24.5 Å². The highest BCUT2D eigenvalue weighted by molar-refractivity contribution is 5.94. The number of benzene rings is 2. The zero-order valence-electron chi connectivity index (χ0n) is 22.5. The van der Waals surface area contributed by atoms with Gasteiger partial charge in [0.2, 0.25) is 0 Å². The van der Waals surface area contributed by atoms with Crippen molar-refractivity contribution in [1.29, 1.82) is 0 Å². The number of rotatable bonds is 19. The Morgan fingerprint density at radius 1 is 0.730 bits per heavy atom. The van der Waals surface area contributed by atoms with Gasteiger partial charge in [0.25, 0.3) is 5.91 Å². The predicted octanol–water partition coefficient (Wildman–Crippen LogP) is 7.67. The first-order valence-corrected chi connectivity index (χ1v) is 14.1. The maximum Gasteiger partial charge on any atom is 0.342 e. The monoisotopic (exact) mass is 511 g/mol. The van der Waals surface area contributed by atoms with Crippen molar-refractivity contribution in [3.63, 3.8) is 0 Å². The molecule has 0 atom stereocenters. The smallest absolute Gasteiger partial charge is 0.342 e. The number of unbranched alkanes of at least 4 members (excludes halogenated alkanes) is 13. The van der Waals surface area contributed by atoms with Crippen molar-refractivity contribution < 1.29 is 24.5 Å². The Morgan fingerprint density at radius 3 is 1.84 bits per heavy atom. The summed E-state index contributed by atoms with van der Waals surface area (Å²) in [6, 6.07) is 10.6. The van der Waals surface area contributed by atoms with Crippen LogP contribution in [0, 0.1) is 0 Å². The lowest BCUT2D eigenvalue weighted by Crippen LogP contribution is -2.24. The van der Waals surface area contributed by atoms with E-state index in [9.17, 15) is 19.8 Å². The van der Waals surface area contributed by atoms with Gasteiger partial charge < -0.3 is 20.3 Å². The third-order valence-corrected chi connectivity index (χ3v) is 6.60. The van der Waals surface area contributed by atoms with Gasteiger partial charge in [0, 0.05) is 12.1 Å². The lowest BCUT2D eigenvalue weighted by Gasteiger charge is -2.08. The predicted molar refractivity (Wildman–Crippen MR) is 148 cm³/mol. The molecule has 0 unspecified atom stereocenters. The van der Waals surface area contributed by atoms with Crippen molar-refractivity contribution in [2.45, 2.75) is 103 Å². The summed E-state index contributed by atoms with van der Waals surface area (Å²) in [6.07, 6.45) is 18.3. The maximum atomic E-state index is 12.4. The molecule has 1 amide bonds. The van der Waals surface area contributed by atoms with Crippen LogP contribution in [0.5, 0.6) is 11.5 Å². The van der Waals surface area contributed by atoms with Crippen LogP contribution in [-0.2, 0) is 11.3 Å². The van der Waals surface area contributed by atoms with E-state index in [4.69, 9.17) is 4.74 Å². The van der Waals surface area contributed by atoms with Gasteiger partial charge in [-0.25, -0.2) is 4.79 Å². The molecule has 0 saturated heterocycles. The fourth-order valence-electron chi connectivity index (χ4n) is 4.29. The minimum absolute atomic E-state index is 0.00508. The molecule has 0 radical (unpaired) electrons. The van der Waals surface area contributed by atoms with Crippen LogP contribution in [0.3, 0.4) is 0 Å². The van der Waals surface area contributed by atoms with Gasteiger partial charge >= 0.3 is 5.97 Å². The van der Waals surface area contributed by atoms with Crippen molar-refractivity contribution in [1.82, 2.24) is 5.32 Å². The van der Waals surface area contributed by atoms with Gasteiger partial charge in [-0.2, -0.15) is 0 Å². The second-order valence-electron chi connectivity index (χ2n) is 9.83. The first-order valence-electron chi connectivity index (χ1n) is 14.1. The van der Waals surface area contributed by atoms with Crippen LogP contribution in [0.2, 0.25) is 0 Å². The van der Waals surface area contributed by atoms with Gasteiger partial charge in [0.05, 0.1) is 0 Å². The lowest BCUT2D eigenvalue weighted by molar-refractivity contribution is 0.0468. The van der Waals surface area contributed by atoms with Crippen molar-refractivity contribution in [2.24, 2.45) is 0 Å². The number of carbonyl (C=O) groups excluding carboxylic acids is 2. The maximum absolute atomic E-state index is 12.4. The van der Waals surface area contributed by atoms with E-state index in [0.29, 0.717) is 12.1 Å².